The summed E-state index contributed by atoms with van der Waals surface area (Å²) in [5.74, 6) is -9.50. The van der Waals surface area contributed by atoms with Crippen LogP contribution < -0.4 is 16.0 Å². The molecule has 0 unspecified atom stereocenters. The molecule has 20 heteroatoms. The van der Waals surface area contributed by atoms with Crippen molar-refractivity contribution in [3.63, 3.8) is 0 Å². The molecular weight excluding hydrogens is 968 g/mol. The van der Waals surface area contributed by atoms with E-state index >= 15 is 13.2 Å². The molecule has 0 radical (unpaired) electrons. The van der Waals surface area contributed by atoms with Crippen molar-refractivity contribution in [1.29, 1.82) is 0 Å². The van der Waals surface area contributed by atoms with Crippen LogP contribution in [0, 0.1) is 17.8 Å². The SMILES string of the molecule is C/C=C(\C)[C@H]1OC(=O)[C@H](C)NC(=O)[C@H]([C@@H](C)CC)NC(=O)CN(C)C(=O)[C@H](Cc2ccccc2)N(C)C(=O)[C@@H](C)NC(=O)[C@@H](CC(C)C)OC(=O)/C(C)=C/C[C@H](OC(=O)[C@@](OC)(c2ccccc2)C(F)(F)F)[C@@H]1C. The number of hydrogen-bond acceptors (Lipinski definition) is 12. The van der Waals surface area contributed by atoms with Gasteiger partial charge in [0.05, 0.1) is 6.54 Å². The van der Waals surface area contributed by atoms with Crippen molar-refractivity contribution in [2.75, 3.05) is 27.7 Å². The third kappa shape index (κ3) is 16.0. The summed E-state index contributed by atoms with van der Waals surface area (Å²) in [5.41, 5.74) is -3.33. The van der Waals surface area contributed by atoms with Gasteiger partial charge in [-0.15, -0.1) is 0 Å². The Hall–Kier alpha value is -6.57. The molecule has 2 aromatic carbocycles. The fourth-order valence-corrected chi connectivity index (χ4v) is 8.30. The van der Waals surface area contributed by atoms with E-state index in [0.717, 1.165) is 21.9 Å². The zero-order chi connectivity index (χ0) is 55.8. The van der Waals surface area contributed by atoms with E-state index in [0.29, 0.717) is 24.7 Å². The zero-order valence-corrected chi connectivity index (χ0v) is 44.7. The van der Waals surface area contributed by atoms with Gasteiger partial charge in [-0.1, -0.05) is 114 Å². The van der Waals surface area contributed by atoms with Crippen molar-refractivity contribution in [1.82, 2.24) is 25.8 Å². The molecule has 408 valence electrons. The number of nitrogens with one attached hydrogen (secondary N) is 3. The third-order valence-electron chi connectivity index (χ3n) is 13.2. The van der Waals surface area contributed by atoms with E-state index < -0.39 is 132 Å². The molecule has 0 spiro atoms. The van der Waals surface area contributed by atoms with E-state index in [4.69, 9.17) is 18.9 Å². The summed E-state index contributed by atoms with van der Waals surface area (Å²) in [6.45, 7) is 15.1. The number of cyclic esters (lactones) is 2. The molecule has 3 N–H and O–H groups in total. The molecule has 0 saturated heterocycles. The average molecular weight is 1040 g/mol. The fourth-order valence-electron chi connectivity index (χ4n) is 8.30. The Morgan fingerprint density at radius 3 is 1.97 bits per heavy atom. The molecule has 1 aliphatic rings. The maximum atomic E-state index is 15.2. The Labute approximate surface area is 432 Å². The number of benzene rings is 2. The Morgan fingerprint density at radius 1 is 0.851 bits per heavy atom. The molecule has 0 aromatic heterocycles. The van der Waals surface area contributed by atoms with Gasteiger partial charge in [0.1, 0.15) is 36.4 Å². The molecule has 2 aromatic rings. The van der Waals surface area contributed by atoms with Gasteiger partial charge >= 0.3 is 24.1 Å². The Kier molecular flexibility index (Phi) is 23.1. The summed E-state index contributed by atoms with van der Waals surface area (Å²) in [7, 11) is 3.44. The van der Waals surface area contributed by atoms with Crippen molar-refractivity contribution in [2.24, 2.45) is 17.8 Å². The van der Waals surface area contributed by atoms with Crippen LogP contribution in [0.25, 0.3) is 0 Å². The number of esters is 3. The lowest BCUT2D eigenvalue weighted by molar-refractivity contribution is -0.279. The Bertz CT molecular complexity index is 2350. The van der Waals surface area contributed by atoms with Crippen LogP contribution in [0.2, 0.25) is 0 Å². The first-order valence-electron chi connectivity index (χ1n) is 24.7. The normalized spacial score (nSPS) is 26.4. The van der Waals surface area contributed by atoms with E-state index in [-0.39, 0.29) is 24.3 Å². The molecule has 0 fully saturated rings. The number of carbonyl (C=O) groups excluding carboxylic acids is 8. The molecule has 3 rings (SSSR count). The van der Waals surface area contributed by atoms with Crippen molar-refractivity contribution >= 4 is 47.4 Å². The Morgan fingerprint density at radius 2 is 1.43 bits per heavy atom. The smallest absolute Gasteiger partial charge is 0.432 e. The molecule has 1 aliphatic heterocycles. The molecule has 1 heterocycles. The van der Waals surface area contributed by atoms with Crippen LogP contribution in [0.5, 0.6) is 0 Å². The molecule has 10 atom stereocenters. The first kappa shape index (κ1) is 61.7. The number of allylic oxidation sites excluding steroid dienone is 1. The van der Waals surface area contributed by atoms with Crippen LogP contribution in [-0.2, 0) is 69.3 Å². The van der Waals surface area contributed by atoms with Crippen LogP contribution >= 0.6 is 0 Å². The molecule has 0 saturated carbocycles. The maximum Gasteiger partial charge on any atom is 0.432 e. The molecule has 0 aliphatic carbocycles. The van der Waals surface area contributed by atoms with E-state index in [2.05, 4.69) is 16.0 Å². The minimum Gasteiger partial charge on any atom is -0.459 e. The highest BCUT2D eigenvalue weighted by molar-refractivity contribution is 5.96. The van der Waals surface area contributed by atoms with E-state index in [1.807, 2.05) is 0 Å². The lowest BCUT2D eigenvalue weighted by Crippen LogP contribution is -2.57. The number of alkyl halides is 3. The van der Waals surface area contributed by atoms with Gasteiger partial charge in [-0.05, 0) is 64.0 Å². The second-order valence-corrected chi connectivity index (χ2v) is 19.3. The van der Waals surface area contributed by atoms with E-state index in [1.165, 1.54) is 66.1 Å². The summed E-state index contributed by atoms with van der Waals surface area (Å²) in [5, 5.41) is 7.86. The highest BCUT2D eigenvalue weighted by atomic mass is 19.4. The van der Waals surface area contributed by atoms with Crippen LogP contribution in [-0.4, -0.2) is 134 Å². The number of ether oxygens (including phenoxy) is 4. The lowest BCUT2D eigenvalue weighted by Gasteiger charge is -2.36. The summed E-state index contributed by atoms with van der Waals surface area (Å²) >= 11 is 0. The summed E-state index contributed by atoms with van der Waals surface area (Å²) < 4.78 is 68.1. The quantitative estimate of drug-likeness (QED) is 0.136. The fraction of sp³-hybridized carbons (Fsp3) is 0.556. The standard InChI is InChI=1S/C54H74F3N5O12/c1-14-32(5)44-47(65)59-37(10)51(69)74-45(33(6)15-2)35(8)41(73-52(70)53(71-13,54(55,56)57)39-24-20-17-21-25-39)27-26-34(7)50(68)72-42(28-31(3)4)46(64)58-36(9)48(66)62(12)40(29-38-22-18-16-19-23-38)49(67)61(11)30-43(63)60-44/h15-26,31-32,35-37,40-42,44-45H,14,27-30H2,1-13H3,(H,58,64)(H,59,65)(H,60,63)/b33-15+,34-26+/t32-,35-,36+,37-,40-,41-,42+,44-,45+,53-/m0/s1. The number of amides is 5. The second kappa shape index (κ2) is 27.6. The number of nitrogens with zero attached hydrogens (tertiary/aromatic N) is 2. The predicted molar refractivity (Wildman–Crippen MR) is 268 cm³/mol. The van der Waals surface area contributed by atoms with Gasteiger partial charge in [-0.25, -0.2) is 14.4 Å². The highest BCUT2D eigenvalue weighted by Gasteiger charge is 2.64. The van der Waals surface area contributed by atoms with Gasteiger partial charge in [0.15, 0.2) is 6.10 Å². The maximum absolute atomic E-state index is 15.2. The molecule has 0 bridgehead atoms. The first-order valence-corrected chi connectivity index (χ1v) is 24.7. The van der Waals surface area contributed by atoms with E-state index in [1.54, 1.807) is 78.0 Å². The van der Waals surface area contributed by atoms with Gasteiger partial charge in [0.2, 0.25) is 23.6 Å². The van der Waals surface area contributed by atoms with Crippen molar-refractivity contribution < 1.29 is 70.5 Å². The van der Waals surface area contributed by atoms with Gasteiger partial charge < -0.3 is 44.7 Å². The van der Waals surface area contributed by atoms with Crippen LogP contribution in [0.15, 0.2) is 84.0 Å². The summed E-state index contributed by atoms with van der Waals surface area (Å²) in [6, 6.07) is 9.83. The van der Waals surface area contributed by atoms with Gasteiger partial charge in [0, 0.05) is 51.1 Å². The average Bonchev–Trinajstić information content (AvgIpc) is 3.35. The lowest BCUT2D eigenvalue weighted by atomic mass is 9.89. The van der Waals surface area contributed by atoms with E-state index in [9.17, 15) is 38.4 Å². The minimum atomic E-state index is -5.37. The topological polar surface area (TPSA) is 216 Å². The highest BCUT2D eigenvalue weighted by Crippen LogP contribution is 2.44. The number of rotatable bonds is 11. The predicted octanol–water partition coefficient (Wildman–Crippen LogP) is 5.89. The summed E-state index contributed by atoms with van der Waals surface area (Å²) in [4.78, 5) is 114. The van der Waals surface area contributed by atoms with Gasteiger partial charge in [-0.3, -0.25) is 24.0 Å². The van der Waals surface area contributed by atoms with Crippen LogP contribution in [0.1, 0.15) is 99.6 Å². The summed E-state index contributed by atoms with van der Waals surface area (Å²) in [6.07, 6.45) is -7.02. The van der Waals surface area contributed by atoms with Crippen molar-refractivity contribution in [3.05, 3.63) is 95.1 Å². The number of halogens is 3. The Balaban J connectivity index is 2.23. The zero-order valence-electron chi connectivity index (χ0n) is 44.7. The largest absolute Gasteiger partial charge is 0.459 e. The number of likely N-dealkylation sites (N-methyl/N-ethyl adjacent to an activating group) is 2. The van der Waals surface area contributed by atoms with Gasteiger partial charge in [0.25, 0.3) is 11.5 Å². The van der Waals surface area contributed by atoms with Crippen molar-refractivity contribution in [2.45, 2.75) is 149 Å². The number of hydrogen-bond donors (Lipinski definition) is 3. The minimum absolute atomic E-state index is 0.00942. The van der Waals surface area contributed by atoms with Crippen LogP contribution in [0.3, 0.4) is 0 Å². The third-order valence-corrected chi connectivity index (χ3v) is 13.2. The molecule has 74 heavy (non-hydrogen) atoms. The second-order valence-electron chi connectivity index (χ2n) is 19.3. The van der Waals surface area contributed by atoms with Gasteiger partial charge in [-0.2, -0.15) is 13.2 Å². The monoisotopic (exact) mass is 1040 g/mol. The van der Waals surface area contributed by atoms with Crippen molar-refractivity contribution in [3.8, 4) is 0 Å². The molecule has 5 amide bonds. The molecular formula is C54H74F3N5O12. The van der Waals surface area contributed by atoms with Crippen LogP contribution in [0.4, 0.5) is 13.2 Å². The number of carbonyl (C=O) groups is 8. The number of methoxy groups -OCH3 is 1. The molecule has 17 nitrogen and oxygen atoms in total. The first-order chi connectivity index (χ1) is 34.6.